The molecule has 6 nitrogen and oxygen atoms in total. The molecular weight excluding hydrogens is 338 g/mol. The van der Waals surface area contributed by atoms with Gasteiger partial charge in [0, 0.05) is 18.3 Å². The second kappa shape index (κ2) is 8.11. The highest BCUT2D eigenvalue weighted by molar-refractivity contribution is 7.14. The van der Waals surface area contributed by atoms with Crippen molar-refractivity contribution in [2.45, 2.75) is 32.6 Å². The van der Waals surface area contributed by atoms with E-state index in [0.717, 1.165) is 12.8 Å². The van der Waals surface area contributed by atoms with Crippen LogP contribution in [-0.2, 0) is 16.0 Å². The number of amides is 2. The molecule has 3 rings (SSSR count). The van der Waals surface area contributed by atoms with Gasteiger partial charge in [0.05, 0.1) is 24.4 Å². The first-order valence-electron chi connectivity index (χ1n) is 8.44. The van der Waals surface area contributed by atoms with E-state index in [-0.39, 0.29) is 18.2 Å². The fourth-order valence-electron chi connectivity index (χ4n) is 2.62. The Morgan fingerprint density at radius 2 is 2.24 bits per heavy atom. The molecule has 25 heavy (non-hydrogen) atoms. The molecule has 0 atom stereocenters. The number of aromatic nitrogens is 1. The number of ether oxygens (including phenoxy) is 1. The van der Waals surface area contributed by atoms with E-state index in [1.807, 2.05) is 36.6 Å². The maximum absolute atomic E-state index is 12.3. The molecule has 0 saturated carbocycles. The minimum atomic E-state index is -0.155. The van der Waals surface area contributed by atoms with Crippen molar-refractivity contribution < 1.29 is 14.3 Å². The largest absolute Gasteiger partial charge is 0.491 e. The number of carbonyl (C=O) groups is 2. The van der Waals surface area contributed by atoms with Crippen LogP contribution in [0.5, 0.6) is 5.75 Å². The Labute approximate surface area is 150 Å². The highest BCUT2D eigenvalue weighted by Gasteiger charge is 2.24. The molecule has 0 unspecified atom stereocenters. The van der Waals surface area contributed by atoms with Crippen molar-refractivity contribution in [2.24, 2.45) is 0 Å². The summed E-state index contributed by atoms with van der Waals surface area (Å²) in [5.74, 6) is 0.615. The van der Waals surface area contributed by atoms with Gasteiger partial charge >= 0.3 is 0 Å². The number of carbonyl (C=O) groups excluding carboxylic acids is 2. The molecule has 1 fully saturated rings. The summed E-state index contributed by atoms with van der Waals surface area (Å²) in [5, 5.41) is 5.39. The Bertz CT molecular complexity index is 760. The quantitative estimate of drug-likeness (QED) is 0.824. The number of thiazole rings is 1. The maximum atomic E-state index is 12.3. The predicted molar refractivity (Wildman–Crippen MR) is 98.3 cm³/mol. The van der Waals surface area contributed by atoms with E-state index in [2.05, 4.69) is 10.3 Å². The monoisotopic (exact) mass is 359 g/mol. The van der Waals surface area contributed by atoms with Gasteiger partial charge in [0.2, 0.25) is 11.8 Å². The lowest BCUT2D eigenvalue weighted by molar-refractivity contribution is -0.117. The van der Waals surface area contributed by atoms with E-state index in [1.54, 1.807) is 4.90 Å². The number of nitrogens with zero attached hydrogens (tertiary/aromatic N) is 2. The zero-order valence-corrected chi connectivity index (χ0v) is 15.0. The predicted octanol–water partition coefficient (Wildman–Crippen LogP) is 3.24. The standard InChI is InChI=1S/C18H21N3O3S/c1-2-10-24-15-7-4-3-6-14(15)20-16(22)11-13-12-25-18(19-13)21-9-5-8-17(21)23/h3-4,6-7,12H,2,5,8-11H2,1H3,(H,20,22). The Balaban J connectivity index is 1.62. The summed E-state index contributed by atoms with van der Waals surface area (Å²) >= 11 is 1.40. The lowest BCUT2D eigenvalue weighted by atomic mass is 10.2. The number of anilines is 2. The van der Waals surface area contributed by atoms with Gasteiger partial charge in [-0.15, -0.1) is 11.3 Å². The summed E-state index contributed by atoms with van der Waals surface area (Å²) in [6.45, 7) is 3.35. The highest BCUT2D eigenvalue weighted by atomic mass is 32.1. The van der Waals surface area contributed by atoms with Crippen LogP contribution in [0, 0.1) is 0 Å². The average Bonchev–Trinajstić information content (AvgIpc) is 3.22. The van der Waals surface area contributed by atoms with E-state index < -0.39 is 0 Å². The van der Waals surface area contributed by atoms with Crippen LogP contribution in [0.3, 0.4) is 0 Å². The normalized spacial score (nSPS) is 14.0. The molecule has 0 radical (unpaired) electrons. The van der Waals surface area contributed by atoms with Crippen molar-refractivity contribution in [3.8, 4) is 5.75 Å². The zero-order valence-electron chi connectivity index (χ0n) is 14.2. The van der Waals surface area contributed by atoms with Gasteiger partial charge in [0.15, 0.2) is 5.13 Å². The van der Waals surface area contributed by atoms with E-state index >= 15 is 0 Å². The molecule has 1 aliphatic rings. The molecule has 0 bridgehead atoms. The molecule has 2 aromatic rings. The fourth-order valence-corrected chi connectivity index (χ4v) is 3.49. The molecule has 0 spiro atoms. The first-order valence-corrected chi connectivity index (χ1v) is 9.31. The number of para-hydroxylation sites is 2. The maximum Gasteiger partial charge on any atom is 0.230 e. The molecule has 132 valence electrons. The topological polar surface area (TPSA) is 71.5 Å². The second-order valence-corrected chi connectivity index (χ2v) is 6.68. The third-order valence-corrected chi connectivity index (χ3v) is 4.72. The molecule has 0 aliphatic carbocycles. The Morgan fingerprint density at radius 1 is 1.40 bits per heavy atom. The molecule has 1 aliphatic heterocycles. The summed E-state index contributed by atoms with van der Waals surface area (Å²) in [6.07, 6.45) is 2.51. The van der Waals surface area contributed by atoms with Crippen LogP contribution >= 0.6 is 11.3 Å². The van der Waals surface area contributed by atoms with Crippen molar-refractivity contribution in [1.29, 1.82) is 0 Å². The van der Waals surface area contributed by atoms with Crippen LogP contribution in [0.15, 0.2) is 29.6 Å². The lowest BCUT2D eigenvalue weighted by Gasteiger charge is -2.11. The van der Waals surface area contributed by atoms with Gasteiger partial charge in [-0.1, -0.05) is 19.1 Å². The highest BCUT2D eigenvalue weighted by Crippen LogP contribution is 2.26. The summed E-state index contributed by atoms with van der Waals surface area (Å²) in [5.41, 5.74) is 1.33. The van der Waals surface area contributed by atoms with Gasteiger partial charge in [0.1, 0.15) is 5.75 Å². The zero-order chi connectivity index (χ0) is 17.6. The summed E-state index contributed by atoms with van der Waals surface area (Å²) in [6, 6.07) is 7.39. The molecule has 2 heterocycles. The van der Waals surface area contributed by atoms with Gasteiger partial charge in [-0.05, 0) is 25.0 Å². The number of nitrogens with one attached hydrogen (secondary N) is 1. The number of hydrogen-bond donors (Lipinski definition) is 1. The molecule has 1 saturated heterocycles. The fraction of sp³-hybridized carbons (Fsp3) is 0.389. The van der Waals surface area contributed by atoms with Gasteiger partial charge in [-0.3, -0.25) is 14.5 Å². The third kappa shape index (κ3) is 4.36. The molecule has 1 N–H and O–H groups in total. The summed E-state index contributed by atoms with van der Waals surface area (Å²) in [4.78, 5) is 30.2. The van der Waals surface area contributed by atoms with E-state index in [9.17, 15) is 9.59 Å². The molecule has 1 aromatic heterocycles. The number of benzene rings is 1. The summed E-state index contributed by atoms with van der Waals surface area (Å²) < 4.78 is 5.65. The minimum absolute atomic E-state index is 0.104. The smallest absolute Gasteiger partial charge is 0.230 e. The van der Waals surface area contributed by atoms with Crippen molar-refractivity contribution in [1.82, 2.24) is 4.98 Å². The first kappa shape index (κ1) is 17.4. The van der Waals surface area contributed by atoms with Gasteiger partial charge in [0.25, 0.3) is 0 Å². The lowest BCUT2D eigenvalue weighted by Crippen LogP contribution is -2.23. The van der Waals surface area contributed by atoms with E-state index in [0.29, 0.717) is 41.8 Å². The number of hydrogen-bond acceptors (Lipinski definition) is 5. The minimum Gasteiger partial charge on any atom is -0.491 e. The van der Waals surface area contributed by atoms with Crippen LogP contribution in [0.2, 0.25) is 0 Å². The van der Waals surface area contributed by atoms with Crippen LogP contribution in [0.4, 0.5) is 10.8 Å². The van der Waals surface area contributed by atoms with Gasteiger partial charge < -0.3 is 10.1 Å². The van der Waals surface area contributed by atoms with Crippen LogP contribution in [-0.4, -0.2) is 29.9 Å². The van der Waals surface area contributed by atoms with E-state index in [1.165, 1.54) is 11.3 Å². The Morgan fingerprint density at radius 3 is 3.00 bits per heavy atom. The first-order chi connectivity index (χ1) is 12.2. The van der Waals surface area contributed by atoms with Crippen molar-refractivity contribution in [3.05, 3.63) is 35.3 Å². The number of rotatable bonds is 7. The third-order valence-electron chi connectivity index (χ3n) is 3.81. The average molecular weight is 359 g/mol. The molecule has 1 aromatic carbocycles. The van der Waals surface area contributed by atoms with Crippen LogP contribution in [0.1, 0.15) is 31.9 Å². The summed E-state index contributed by atoms with van der Waals surface area (Å²) in [7, 11) is 0. The van der Waals surface area contributed by atoms with Gasteiger partial charge in [-0.25, -0.2) is 4.98 Å². The second-order valence-electron chi connectivity index (χ2n) is 5.84. The van der Waals surface area contributed by atoms with E-state index in [4.69, 9.17) is 4.74 Å². The molecule has 2 amide bonds. The van der Waals surface area contributed by atoms with Crippen LogP contribution < -0.4 is 15.0 Å². The molecule has 7 heteroatoms. The van der Waals surface area contributed by atoms with Crippen molar-refractivity contribution in [2.75, 3.05) is 23.4 Å². The van der Waals surface area contributed by atoms with Crippen LogP contribution in [0.25, 0.3) is 0 Å². The molecular formula is C18H21N3O3S. The Kier molecular flexibility index (Phi) is 5.65. The SMILES string of the molecule is CCCOc1ccccc1NC(=O)Cc1csc(N2CCCC2=O)n1. The van der Waals surface area contributed by atoms with Crippen molar-refractivity contribution >= 4 is 34.0 Å². The van der Waals surface area contributed by atoms with Crippen molar-refractivity contribution in [3.63, 3.8) is 0 Å². The van der Waals surface area contributed by atoms with Gasteiger partial charge in [-0.2, -0.15) is 0 Å². The Hall–Kier alpha value is -2.41.